The van der Waals surface area contributed by atoms with Crippen LogP contribution in [0.1, 0.15) is 24.1 Å². The molecule has 0 aliphatic carbocycles. The lowest BCUT2D eigenvalue weighted by molar-refractivity contribution is 0.231. The van der Waals surface area contributed by atoms with Crippen molar-refractivity contribution in [2.24, 2.45) is 0 Å². The van der Waals surface area contributed by atoms with Crippen LogP contribution in [-0.2, 0) is 12.0 Å². The maximum Gasteiger partial charge on any atom is 0.119 e. The van der Waals surface area contributed by atoms with Crippen LogP contribution in [-0.4, -0.2) is 30.7 Å². The number of hydrogen-bond acceptors (Lipinski definition) is 3. The Morgan fingerprint density at radius 2 is 1.88 bits per heavy atom. The highest BCUT2D eigenvalue weighted by Crippen LogP contribution is 2.39. The maximum absolute atomic E-state index is 5.95. The van der Waals surface area contributed by atoms with Crippen molar-refractivity contribution < 1.29 is 4.74 Å². The topological polar surface area (TPSA) is 49.1 Å². The van der Waals surface area contributed by atoms with Gasteiger partial charge in [0, 0.05) is 29.2 Å². The highest BCUT2D eigenvalue weighted by atomic mass is 16.5. The van der Waals surface area contributed by atoms with Crippen molar-refractivity contribution in [1.82, 2.24) is 15.6 Å². The second kappa shape index (κ2) is 6.45. The molecule has 2 aliphatic heterocycles. The molecule has 2 aliphatic rings. The Morgan fingerprint density at radius 3 is 2.73 bits per heavy atom. The fraction of sp³-hybridized carbons (Fsp3) is 0.364. The number of aromatic amines is 1. The minimum Gasteiger partial charge on any atom is -0.494 e. The van der Waals surface area contributed by atoms with Crippen molar-refractivity contribution in [2.75, 3.05) is 19.7 Å². The summed E-state index contributed by atoms with van der Waals surface area (Å²) in [6, 6.07) is 19.2. The van der Waals surface area contributed by atoms with Gasteiger partial charge in [0.1, 0.15) is 5.75 Å². The molecule has 4 heteroatoms. The number of rotatable bonds is 4. The number of hydrogen-bond donors (Lipinski definition) is 3. The molecular weight excluding hydrogens is 322 g/mol. The largest absolute Gasteiger partial charge is 0.494 e. The molecule has 2 aromatic carbocycles. The molecule has 3 aromatic rings. The predicted molar refractivity (Wildman–Crippen MR) is 105 cm³/mol. The van der Waals surface area contributed by atoms with Gasteiger partial charge in [-0.1, -0.05) is 36.4 Å². The minimum absolute atomic E-state index is 0.0318. The highest BCUT2D eigenvalue weighted by molar-refractivity contribution is 5.85. The summed E-state index contributed by atoms with van der Waals surface area (Å²) in [6.07, 6.45) is 3.19. The normalized spacial score (nSPS) is 24.8. The molecule has 134 valence electrons. The molecule has 1 aromatic heterocycles. The molecule has 2 unspecified atom stereocenters. The zero-order valence-corrected chi connectivity index (χ0v) is 14.9. The molecule has 3 heterocycles. The standard InChI is InChI=1S/C22H25N3O/c1-2-6-17(7-3-1)26-13-10-16-14-19-18-8-4-5-9-20(18)24-21(19)22(25-16)11-12-23-15-22/h1-9,16,23-25H,10-15H2. The lowest BCUT2D eigenvalue weighted by atomic mass is 9.82. The zero-order valence-electron chi connectivity index (χ0n) is 14.9. The van der Waals surface area contributed by atoms with E-state index in [0.29, 0.717) is 6.04 Å². The maximum atomic E-state index is 5.95. The van der Waals surface area contributed by atoms with E-state index < -0.39 is 0 Å². The van der Waals surface area contributed by atoms with Crippen molar-refractivity contribution >= 4 is 10.9 Å². The molecule has 1 saturated heterocycles. The third kappa shape index (κ3) is 2.70. The third-order valence-electron chi connectivity index (χ3n) is 5.86. The fourth-order valence-corrected chi connectivity index (χ4v) is 4.62. The fourth-order valence-electron chi connectivity index (χ4n) is 4.62. The second-order valence-electron chi connectivity index (χ2n) is 7.53. The second-order valence-corrected chi connectivity index (χ2v) is 7.53. The number of para-hydroxylation sites is 2. The molecule has 0 radical (unpaired) electrons. The number of ether oxygens (including phenoxy) is 1. The lowest BCUT2D eigenvalue weighted by Crippen LogP contribution is -2.54. The Bertz CT molecular complexity index is 896. The molecule has 5 rings (SSSR count). The number of benzene rings is 2. The average molecular weight is 347 g/mol. The highest BCUT2D eigenvalue weighted by Gasteiger charge is 2.43. The van der Waals surface area contributed by atoms with Crippen LogP contribution < -0.4 is 15.4 Å². The first kappa shape index (κ1) is 15.9. The lowest BCUT2D eigenvalue weighted by Gasteiger charge is -2.39. The van der Waals surface area contributed by atoms with Crippen LogP contribution >= 0.6 is 0 Å². The number of fused-ring (bicyclic) bond motifs is 4. The summed E-state index contributed by atoms with van der Waals surface area (Å²) in [7, 11) is 0. The molecule has 1 fully saturated rings. The van der Waals surface area contributed by atoms with Crippen molar-refractivity contribution in [2.45, 2.75) is 30.8 Å². The van der Waals surface area contributed by atoms with Crippen LogP contribution in [0, 0.1) is 0 Å². The van der Waals surface area contributed by atoms with E-state index in [4.69, 9.17) is 4.74 Å². The van der Waals surface area contributed by atoms with E-state index in [-0.39, 0.29) is 5.54 Å². The Labute approximate surface area is 154 Å². The quantitative estimate of drug-likeness (QED) is 0.678. The van der Waals surface area contributed by atoms with E-state index in [1.807, 2.05) is 30.3 Å². The molecule has 4 nitrogen and oxygen atoms in total. The van der Waals surface area contributed by atoms with E-state index in [0.717, 1.165) is 44.7 Å². The van der Waals surface area contributed by atoms with Gasteiger partial charge in [-0.3, -0.25) is 0 Å². The van der Waals surface area contributed by atoms with Crippen LogP contribution in [0.4, 0.5) is 0 Å². The van der Waals surface area contributed by atoms with Crippen LogP contribution in [0.2, 0.25) is 0 Å². The Kier molecular flexibility index (Phi) is 3.95. The summed E-state index contributed by atoms with van der Waals surface area (Å²) >= 11 is 0. The molecule has 0 bridgehead atoms. The molecule has 3 N–H and O–H groups in total. The van der Waals surface area contributed by atoms with Crippen LogP contribution in [0.15, 0.2) is 54.6 Å². The molecule has 1 spiro atoms. The molecule has 0 amide bonds. The van der Waals surface area contributed by atoms with E-state index >= 15 is 0 Å². The Morgan fingerprint density at radius 1 is 1.04 bits per heavy atom. The number of H-pyrrole nitrogens is 1. The number of aromatic nitrogens is 1. The summed E-state index contributed by atoms with van der Waals surface area (Å²) in [6.45, 7) is 2.79. The first-order valence-electron chi connectivity index (χ1n) is 9.60. The third-order valence-corrected chi connectivity index (χ3v) is 5.86. The van der Waals surface area contributed by atoms with E-state index in [2.05, 4.69) is 39.9 Å². The zero-order chi connectivity index (χ0) is 17.4. The van der Waals surface area contributed by atoms with Gasteiger partial charge in [0.2, 0.25) is 0 Å². The smallest absolute Gasteiger partial charge is 0.119 e. The summed E-state index contributed by atoms with van der Waals surface area (Å²) in [5.41, 5.74) is 4.17. The van der Waals surface area contributed by atoms with Crippen LogP contribution in [0.3, 0.4) is 0 Å². The summed E-state index contributed by atoms with van der Waals surface area (Å²) in [4.78, 5) is 3.72. The van der Waals surface area contributed by atoms with Crippen molar-refractivity contribution in [3.8, 4) is 5.75 Å². The summed E-state index contributed by atoms with van der Waals surface area (Å²) in [5, 5.41) is 8.89. The predicted octanol–water partition coefficient (Wildman–Crippen LogP) is 3.34. The van der Waals surface area contributed by atoms with E-state index in [1.165, 1.54) is 22.2 Å². The monoisotopic (exact) mass is 347 g/mol. The van der Waals surface area contributed by atoms with E-state index in [9.17, 15) is 0 Å². The van der Waals surface area contributed by atoms with Crippen LogP contribution in [0.25, 0.3) is 10.9 Å². The van der Waals surface area contributed by atoms with Gasteiger partial charge in [-0.05, 0) is 49.6 Å². The van der Waals surface area contributed by atoms with Gasteiger partial charge in [-0.25, -0.2) is 0 Å². The molecule has 26 heavy (non-hydrogen) atoms. The summed E-state index contributed by atoms with van der Waals surface area (Å²) in [5.74, 6) is 0.952. The first-order chi connectivity index (χ1) is 12.8. The number of nitrogens with one attached hydrogen (secondary N) is 3. The minimum atomic E-state index is 0.0318. The SMILES string of the molecule is c1ccc(OCCC2Cc3c([nH]c4ccccc34)C3(CCNC3)N2)cc1. The Balaban J connectivity index is 1.39. The molecule has 2 atom stereocenters. The van der Waals surface area contributed by atoms with Crippen molar-refractivity contribution in [3.05, 3.63) is 65.9 Å². The van der Waals surface area contributed by atoms with Crippen molar-refractivity contribution in [3.63, 3.8) is 0 Å². The van der Waals surface area contributed by atoms with Gasteiger partial charge in [0.15, 0.2) is 0 Å². The first-order valence-corrected chi connectivity index (χ1v) is 9.60. The van der Waals surface area contributed by atoms with E-state index in [1.54, 1.807) is 0 Å². The summed E-state index contributed by atoms with van der Waals surface area (Å²) < 4.78 is 5.95. The van der Waals surface area contributed by atoms with Crippen molar-refractivity contribution in [1.29, 1.82) is 0 Å². The Hall–Kier alpha value is -2.30. The van der Waals surface area contributed by atoms with Gasteiger partial charge < -0.3 is 20.4 Å². The van der Waals surface area contributed by atoms with Gasteiger partial charge in [0.25, 0.3) is 0 Å². The van der Waals surface area contributed by atoms with Gasteiger partial charge in [0.05, 0.1) is 12.1 Å². The van der Waals surface area contributed by atoms with Gasteiger partial charge in [-0.15, -0.1) is 0 Å². The van der Waals surface area contributed by atoms with Crippen LogP contribution in [0.5, 0.6) is 5.75 Å². The van der Waals surface area contributed by atoms with Gasteiger partial charge in [-0.2, -0.15) is 0 Å². The van der Waals surface area contributed by atoms with Gasteiger partial charge >= 0.3 is 0 Å². The molecular formula is C22H25N3O. The average Bonchev–Trinajstić information content (AvgIpc) is 3.29. The molecule has 0 saturated carbocycles.